The van der Waals surface area contributed by atoms with Crippen LogP contribution in [0.5, 0.6) is 0 Å². The molecule has 2 aromatic rings. The summed E-state index contributed by atoms with van der Waals surface area (Å²) in [6.45, 7) is 4.67. The minimum absolute atomic E-state index is 0. The molecule has 4 atom stereocenters. The first-order chi connectivity index (χ1) is 12.1. The number of aryl methyl sites for hydroxylation is 1. The molecule has 1 aromatic heterocycles. The molecule has 2 saturated heterocycles. The lowest BCUT2D eigenvalue weighted by Crippen LogP contribution is -2.41. The second-order valence-corrected chi connectivity index (χ2v) is 7.40. The van der Waals surface area contributed by atoms with E-state index < -0.39 is 0 Å². The second-order valence-electron chi connectivity index (χ2n) is 7.40. The lowest BCUT2D eigenvalue weighted by Gasteiger charge is -2.29. The fraction of sp³-hybridized carbons (Fsp3) is 0.500. The quantitative estimate of drug-likeness (QED) is 0.898. The number of hydrogen-bond donors (Lipinski definition) is 1. The van der Waals surface area contributed by atoms with Crippen molar-refractivity contribution < 1.29 is 4.79 Å². The molecule has 1 amide bonds. The van der Waals surface area contributed by atoms with Crippen LogP contribution in [0.25, 0.3) is 0 Å². The number of nitrogens with zero attached hydrogens (tertiary/aromatic N) is 3. The predicted octanol–water partition coefficient (Wildman–Crippen LogP) is 2.55. The maximum Gasteiger partial charge on any atom is 0.227 e. The summed E-state index contributed by atoms with van der Waals surface area (Å²) in [5.41, 5.74) is 2.51. The van der Waals surface area contributed by atoms with Crippen LogP contribution in [-0.2, 0) is 11.8 Å². The van der Waals surface area contributed by atoms with E-state index in [2.05, 4.69) is 52.6 Å². The van der Waals surface area contributed by atoms with E-state index in [4.69, 9.17) is 0 Å². The lowest BCUT2D eigenvalue weighted by molar-refractivity contribution is -0.136. The first kappa shape index (κ1) is 18.9. The number of carbonyl (C=O) groups excluding carboxylic acids is 1. The Kier molecular flexibility index (Phi) is 5.68. The monoisotopic (exact) mass is 374 g/mol. The highest BCUT2D eigenvalue weighted by molar-refractivity contribution is 5.85. The van der Waals surface area contributed by atoms with Crippen molar-refractivity contribution in [3.05, 3.63) is 53.9 Å². The van der Waals surface area contributed by atoms with Crippen LogP contribution >= 0.6 is 12.4 Å². The van der Waals surface area contributed by atoms with Gasteiger partial charge in [0, 0.05) is 50.8 Å². The summed E-state index contributed by atoms with van der Waals surface area (Å²) in [7, 11) is 1.93. The Balaban J connectivity index is 0.00000196. The third-order valence-corrected chi connectivity index (χ3v) is 5.95. The molecule has 2 unspecified atom stereocenters. The van der Waals surface area contributed by atoms with Crippen molar-refractivity contribution in [1.29, 1.82) is 0 Å². The lowest BCUT2D eigenvalue weighted by atomic mass is 9.89. The number of hydrogen-bond acceptors (Lipinski definition) is 3. The number of halogens is 1. The minimum atomic E-state index is 0. The SMILES string of the molecule is CC1C(c2ccccc2)CCN1C(=O)[C@H]1CNC[C@@H]1c1cnn(C)c1.Cl. The zero-order valence-electron chi connectivity index (χ0n) is 15.3. The topological polar surface area (TPSA) is 50.2 Å². The van der Waals surface area contributed by atoms with Gasteiger partial charge in [-0.1, -0.05) is 30.3 Å². The Labute approximate surface area is 161 Å². The molecule has 2 aliphatic heterocycles. The smallest absolute Gasteiger partial charge is 0.227 e. The first-order valence-electron chi connectivity index (χ1n) is 9.20. The minimum Gasteiger partial charge on any atom is -0.339 e. The van der Waals surface area contributed by atoms with Crippen LogP contribution in [-0.4, -0.2) is 46.3 Å². The van der Waals surface area contributed by atoms with Crippen molar-refractivity contribution in [2.45, 2.75) is 31.2 Å². The number of rotatable bonds is 3. The van der Waals surface area contributed by atoms with E-state index in [0.29, 0.717) is 11.8 Å². The second kappa shape index (κ2) is 7.80. The summed E-state index contributed by atoms with van der Waals surface area (Å²) in [5, 5.41) is 7.69. The van der Waals surface area contributed by atoms with E-state index in [9.17, 15) is 4.79 Å². The van der Waals surface area contributed by atoms with Crippen molar-refractivity contribution >= 4 is 18.3 Å². The highest BCUT2D eigenvalue weighted by Crippen LogP contribution is 2.37. The molecule has 2 fully saturated rings. The highest BCUT2D eigenvalue weighted by Gasteiger charge is 2.42. The molecular formula is C20H27ClN4O. The number of amides is 1. The van der Waals surface area contributed by atoms with E-state index in [-0.39, 0.29) is 30.3 Å². The van der Waals surface area contributed by atoms with Gasteiger partial charge in [0.1, 0.15) is 0 Å². The summed E-state index contributed by atoms with van der Waals surface area (Å²) in [6, 6.07) is 10.9. The number of aromatic nitrogens is 2. The number of benzene rings is 1. The molecular weight excluding hydrogens is 348 g/mol. The highest BCUT2D eigenvalue weighted by atomic mass is 35.5. The van der Waals surface area contributed by atoms with Gasteiger partial charge >= 0.3 is 0 Å². The van der Waals surface area contributed by atoms with Gasteiger partial charge in [0.15, 0.2) is 0 Å². The first-order valence-corrected chi connectivity index (χ1v) is 9.20. The number of nitrogens with one attached hydrogen (secondary N) is 1. The van der Waals surface area contributed by atoms with Gasteiger partial charge < -0.3 is 10.2 Å². The molecule has 1 aromatic carbocycles. The van der Waals surface area contributed by atoms with Crippen LogP contribution in [0, 0.1) is 5.92 Å². The summed E-state index contributed by atoms with van der Waals surface area (Å²) < 4.78 is 1.82. The Morgan fingerprint density at radius 1 is 1.15 bits per heavy atom. The summed E-state index contributed by atoms with van der Waals surface area (Å²) in [5.74, 6) is 0.978. The van der Waals surface area contributed by atoms with Crippen LogP contribution in [0.1, 0.15) is 36.3 Å². The Morgan fingerprint density at radius 2 is 1.92 bits per heavy atom. The standard InChI is InChI=1S/C20H26N4O.ClH/c1-14-17(15-6-4-3-5-7-15)8-9-24(14)20(25)19-12-21-11-18(19)16-10-22-23(2)13-16;/h3-7,10,13-14,17-19,21H,8-9,11-12H2,1-2H3;1H/t14?,17?,18-,19+;/m1./s1. The van der Waals surface area contributed by atoms with Crippen molar-refractivity contribution in [3.8, 4) is 0 Å². The molecule has 6 heteroatoms. The van der Waals surface area contributed by atoms with Crippen LogP contribution in [0.15, 0.2) is 42.7 Å². The van der Waals surface area contributed by atoms with Crippen molar-refractivity contribution in [2.75, 3.05) is 19.6 Å². The van der Waals surface area contributed by atoms with Gasteiger partial charge in [0.25, 0.3) is 0 Å². The van der Waals surface area contributed by atoms with Crippen LogP contribution < -0.4 is 5.32 Å². The number of carbonyl (C=O) groups is 1. The maximum atomic E-state index is 13.3. The van der Waals surface area contributed by atoms with Gasteiger partial charge in [0.2, 0.25) is 5.91 Å². The Hall–Kier alpha value is -1.85. The summed E-state index contributed by atoms with van der Waals surface area (Å²) in [4.78, 5) is 15.4. The van der Waals surface area contributed by atoms with E-state index in [1.165, 1.54) is 5.56 Å². The third kappa shape index (κ3) is 3.38. The van der Waals surface area contributed by atoms with Crippen LogP contribution in [0.4, 0.5) is 0 Å². The Bertz CT molecular complexity index is 747. The van der Waals surface area contributed by atoms with Crippen LogP contribution in [0.2, 0.25) is 0 Å². The van der Waals surface area contributed by atoms with Gasteiger partial charge in [0.05, 0.1) is 12.1 Å². The zero-order chi connectivity index (χ0) is 17.4. The van der Waals surface area contributed by atoms with Crippen LogP contribution in [0.3, 0.4) is 0 Å². The Morgan fingerprint density at radius 3 is 2.62 bits per heavy atom. The summed E-state index contributed by atoms with van der Waals surface area (Å²) in [6.07, 6.45) is 4.99. The summed E-state index contributed by atoms with van der Waals surface area (Å²) >= 11 is 0. The van der Waals surface area contributed by atoms with E-state index in [1.54, 1.807) is 0 Å². The molecule has 4 rings (SSSR count). The molecule has 1 N–H and O–H groups in total. The number of likely N-dealkylation sites (tertiary alicyclic amines) is 1. The fourth-order valence-electron chi connectivity index (χ4n) is 4.53. The van der Waals surface area contributed by atoms with E-state index in [0.717, 1.165) is 31.6 Å². The zero-order valence-corrected chi connectivity index (χ0v) is 16.2. The molecule has 0 bridgehead atoms. The van der Waals surface area contributed by atoms with Gasteiger partial charge in [-0.15, -0.1) is 12.4 Å². The van der Waals surface area contributed by atoms with E-state index >= 15 is 0 Å². The van der Waals surface area contributed by atoms with Gasteiger partial charge in [-0.05, 0) is 24.5 Å². The predicted molar refractivity (Wildman–Crippen MR) is 105 cm³/mol. The van der Waals surface area contributed by atoms with Crippen molar-refractivity contribution in [3.63, 3.8) is 0 Å². The average molecular weight is 375 g/mol. The molecule has 26 heavy (non-hydrogen) atoms. The molecule has 0 radical (unpaired) electrons. The van der Waals surface area contributed by atoms with Gasteiger partial charge in [-0.2, -0.15) is 5.10 Å². The third-order valence-electron chi connectivity index (χ3n) is 5.95. The maximum absolute atomic E-state index is 13.3. The fourth-order valence-corrected chi connectivity index (χ4v) is 4.53. The molecule has 0 saturated carbocycles. The molecule has 5 nitrogen and oxygen atoms in total. The molecule has 0 aliphatic carbocycles. The van der Waals surface area contributed by atoms with Gasteiger partial charge in [-0.3, -0.25) is 9.48 Å². The van der Waals surface area contributed by atoms with Gasteiger partial charge in [-0.25, -0.2) is 0 Å². The van der Waals surface area contributed by atoms with E-state index in [1.807, 2.05) is 24.1 Å². The molecule has 0 spiro atoms. The van der Waals surface area contributed by atoms with Crippen molar-refractivity contribution in [2.24, 2.45) is 13.0 Å². The average Bonchev–Trinajstić information content (AvgIpc) is 3.34. The van der Waals surface area contributed by atoms with Crippen molar-refractivity contribution in [1.82, 2.24) is 20.0 Å². The molecule has 2 aliphatic rings. The normalized spacial score (nSPS) is 28.2. The largest absolute Gasteiger partial charge is 0.339 e. The molecule has 3 heterocycles. The molecule has 140 valence electrons.